The predicted molar refractivity (Wildman–Crippen MR) is 61.9 cm³/mol. The number of hydrogen-bond donors (Lipinski definition) is 1. The predicted octanol–water partition coefficient (Wildman–Crippen LogP) is 0.751. The molecule has 2 aliphatic heterocycles. The minimum atomic E-state index is -0.670. The summed E-state index contributed by atoms with van der Waals surface area (Å²) < 4.78 is 5.27. The number of likely N-dealkylation sites (tertiary alicyclic amines) is 1. The molecule has 0 saturated carbocycles. The summed E-state index contributed by atoms with van der Waals surface area (Å²) in [5, 5.41) is 0. The van der Waals surface area contributed by atoms with Gasteiger partial charge in [0, 0.05) is 25.8 Å². The van der Waals surface area contributed by atoms with Gasteiger partial charge in [-0.05, 0) is 32.1 Å². The lowest BCUT2D eigenvalue weighted by molar-refractivity contribution is -0.141. The lowest BCUT2D eigenvalue weighted by Gasteiger charge is -2.36. The van der Waals surface area contributed by atoms with Crippen LogP contribution in [0, 0.1) is 5.92 Å². The van der Waals surface area contributed by atoms with Crippen LogP contribution < -0.4 is 5.73 Å². The van der Waals surface area contributed by atoms with E-state index in [-0.39, 0.29) is 5.91 Å². The van der Waals surface area contributed by atoms with Crippen molar-refractivity contribution in [3.05, 3.63) is 0 Å². The first-order chi connectivity index (χ1) is 7.53. The summed E-state index contributed by atoms with van der Waals surface area (Å²) in [6.07, 6.45) is 2.41. The highest BCUT2D eigenvalue weighted by Crippen LogP contribution is 2.28. The summed E-state index contributed by atoms with van der Waals surface area (Å²) in [5.41, 5.74) is 5.55. The highest BCUT2D eigenvalue weighted by Gasteiger charge is 2.42. The fourth-order valence-corrected chi connectivity index (χ4v) is 2.82. The minimum absolute atomic E-state index is 0.132. The van der Waals surface area contributed by atoms with Crippen LogP contribution >= 0.6 is 0 Å². The Morgan fingerprint density at radius 1 is 1.38 bits per heavy atom. The molecule has 2 aliphatic rings. The van der Waals surface area contributed by atoms with Crippen molar-refractivity contribution in [1.29, 1.82) is 0 Å². The van der Waals surface area contributed by atoms with Crippen molar-refractivity contribution in [3.8, 4) is 0 Å². The molecule has 2 fully saturated rings. The summed E-state index contributed by atoms with van der Waals surface area (Å²) in [4.78, 5) is 14.4. The number of nitrogens with zero attached hydrogens (tertiary/aromatic N) is 1. The number of nitrogens with two attached hydrogens (primary N) is 1. The first-order valence-electron chi connectivity index (χ1n) is 6.20. The van der Waals surface area contributed by atoms with Gasteiger partial charge in [-0.3, -0.25) is 4.79 Å². The fraction of sp³-hybridized carbons (Fsp3) is 0.917. The van der Waals surface area contributed by atoms with Gasteiger partial charge in [0.1, 0.15) is 0 Å². The summed E-state index contributed by atoms with van der Waals surface area (Å²) in [7, 11) is 0. The third-order valence-electron chi connectivity index (χ3n) is 3.86. The second-order valence-electron chi connectivity index (χ2n) is 5.42. The van der Waals surface area contributed by atoms with Crippen LogP contribution in [0.1, 0.15) is 33.1 Å². The van der Waals surface area contributed by atoms with Gasteiger partial charge in [0.25, 0.3) is 0 Å². The second-order valence-corrected chi connectivity index (χ2v) is 5.42. The Morgan fingerprint density at radius 2 is 2.00 bits per heavy atom. The molecule has 0 bridgehead atoms. The van der Waals surface area contributed by atoms with Gasteiger partial charge in [-0.1, -0.05) is 6.92 Å². The molecule has 0 aromatic heterocycles. The Bertz CT molecular complexity index is 274. The molecule has 0 radical (unpaired) electrons. The monoisotopic (exact) mass is 226 g/mol. The first-order valence-corrected chi connectivity index (χ1v) is 6.20. The van der Waals surface area contributed by atoms with E-state index in [1.54, 1.807) is 0 Å². The van der Waals surface area contributed by atoms with Crippen molar-refractivity contribution in [2.75, 3.05) is 19.8 Å². The Labute approximate surface area is 97.1 Å². The molecule has 2 N–H and O–H groups in total. The molecule has 0 spiro atoms. The average molecular weight is 226 g/mol. The zero-order valence-corrected chi connectivity index (χ0v) is 10.2. The SMILES string of the molecule is CC1CC(C)N(C(=O)C2(N)CCOCC2)C1. The normalized spacial score (nSPS) is 34.1. The molecule has 1 amide bonds. The number of amides is 1. The molecule has 0 aliphatic carbocycles. The van der Waals surface area contributed by atoms with Crippen LogP contribution in [-0.2, 0) is 9.53 Å². The van der Waals surface area contributed by atoms with E-state index in [9.17, 15) is 4.79 Å². The lowest BCUT2D eigenvalue weighted by atomic mass is 9.89. The van der Waals surface area contributed by atoms with E-state index >= 15 is 0 Å². The number of carbonyl (C=O) groups is 1. The van der Waals surface area contributed by atoms with E-state index in [0.29, 0.717) is 38.0 Å². The Kier molecular flexibility index (Phi) is 3.22. The van der Waals surface area contributed by atoms with Crippen molar-refractivity contribution < 1.29 is 9.53 Å². The van der Waals surface area contributed by atoms with Crippen molar-refractivity contribution in [2.24, 2.45) is 11.7 Å². The minimum Gasteiger partial charge on any atom is -0.381 e. The molecule has 16 heavy (non-hydrogen) atoms. The molecule has 4 nitrogen and oxygen atoms in total. The molecular weight excluding hydrogens is 204 g/mol. The van der Waals surface area contributed by atoms with E-state index in [1.165, 1.54) is 0 Å². The third kappa shape index (κ3) is 2.09. The van der Waals surface area contributed by atoms with Crippen LogP contribution in [0.5, 0.6) is 0 Å². The second kappa shape index (κ2) is 4.34. The van der Waals surface area contributed by atoms with Crippen molar-refractivity contribution in [1.82, 2.24) is 4.90 Å². The largest absolute Gasteiger partial charge is 0.381 e. The maximum atomic E-state index is 12.4. The van der Waals surface area contributed by atoms with Gasteiger partial charge < -0.3 is 15.4 Å². The number of rotatable bonds is 1. The van der Waals surface area contributed by atoms with Crippen LogP contribution in [0.4, 0.5) is 0 Å². The third-order valence-corrected chi connectivity index (χ3v) is 3.86. The summed E-state index contributed by atoms with van der Waals surface area (Å²) in [6.45, 7) is 6.39. The summed E-state index contributed by atoms with van der Waals surface area (Å²) in [5.74, 6) is 0.732. The van der Waals surface area contributed by atoms with Gasteiger partial charge in [-0.25, -0.2) is 0 Å². The number of ether oxygens (including phenoxy) is 1. The van der Waals surface area contributed by atoms with Crippen molar-refractivity contribution >= 4 is 5.91 Å². The van der Waals surface area contributed by atoms with Gasteiger partial charge in [-0.2, -0.15) is 0 Å². The summed E-state index contributed by atoms with van der Waals surface area (Å²) in [6, 6.07) is 0.339. The summed E-state index contributed by atoms with van der Waals surface area (Å²) >= 11 is 0. The molecule has 2 saturated heterocycles. The average Bonchev–Trinajstić information content (AvgIpc) is 2.58. The van der Waals surface area contributed by atoms with Crippen molar-refractivity contribution in [3.63, 3.8) is 0 Å². The number of carbonyl (C=O) groups excluding carboxylic acids is 1. The lowest BCUT2D eigenvalue weighted by Crippen LogP contribution is -2.58. The Hall–Kier alpha value is -0.610. The maximum Gasteiger partial charge on any atom is 0.243 e. The smallest absolute Gasteiger partial charge is 0.243 e. The van der Waals surface area contributed by atoms with E-state index in [1.807, 2.05) is 4.90 Å². The zero-order valence-electron chi connectivity index (χ0n) is 10.2. The Morgan fingerprint density at radius 3 is 2.50 bits per heavy atom. The van der Waals surface area contributed by atoms with Crippen molar-refractivity contribution in [2.45, 2.75) is 44.7 Å². The molecule has 92 valence electrons. The fourth-order valence-electron chi connectivity index (χ4n) is 2.82. The molecule has 0 aromatic carbocycles. The van der Waals surface area contributed by atoms with Gasteiger partial charge in [0.15, 0.2) is 0 Å². The van der Waals surface area contributed by atoms with E-state index in [0.717, 1.165) is 13.0 Å². The zero-order chi connectivity index (χ0) is 11.8. The molecule has 2 rings (SSSR count). The van der Waals surface area contributed by atoms with E-state index in [2.05, 4.69) is 13.8 Å². The van der Waals surface area contributed by atoms with Crippen LogP contribution in [-0.4, -0.2) is 42.1 Å². The van der Waals surface area contributed by atoms with Crippen LogP contribution in [0.25, 0.3) is 0 Å². The van der Waals surface area contributed by atoms with Gasteiger partial charge in [0.2, 0.25) is 5.91 Å². The molecular formula is C12H22N2O2. The molecule has 2 unspecified atom stereocenters. The highest BCUT2D eigenvalue weighted by molar-refractivity contribution is 5.86. The van der Waals surface area contributed by atoms with Crippen LogP contribution in [0.2, 0.25) is 0 Å². The topological polar surface area (TPSA) is 55.6 Å². The van der Waals surface area contributed by atoms with E-state index in [4.69, 9.17) is 10.5 Å². The molecule has 2 atom stereocenters. The highest BCUT2D eigenvalue weighted by atomic mass is 16.5. The molecule has 0 aromatic rings. The standard InChI is InChI=1S/C12H22N2O2/c1-9-7-10(2)14(8-9)11(15)12(13)3-5-16-6-4-12/h9-10H,3-8,13H2,1-2H3. The van der Waals surface area contributed by atoms with Gasteiger partial charge >= 0.3 is 0 Å². The number of hydrogen-bond acceptors (Lipinski definition) is 3. The van der Waals surface area contributed by atoms with Crippen LogP contribution in [0.15, 0.2) is 0 Å². The Balaban J connectivity index is 2.06. The first kappa shape index (κ1) is 11.9. The maximum absolute atomic E-state index is 12.4. The van der Waals surface area contributed by atoms with Gasteiger partial charge in [0.05, 0.1) is 5.54 Å². The molecule has 2 heterocycles. The van der Waals surface area contributed by atoms with Gasteiger partial charge in [-0.15, -0.1) is 0 Å². The quantitative estimate of drug-likeness (QED) is 0.718. The van der Waals surface area contributed by atoms with E-state index < -0.39 is 5.54 Å². The van der Waals surface area contributed by atoms with Crippen LogP contribution in [0.3, 0.4) is 0 Å². The molecule has 4 heteroatoms.